The Labute approximate surface area is 100 Å². The molecule has 0 atom stereocenters. The number of nitrogens with zero attached hydrogens (tertiary/aromatic N) is 2. The van der Waals surface area contributed by atoms with E-state index in [1.807, 2.05) is 4.90 Å². The van der Waals surface area contributed by atoms with Crippen LogP contribution >= 0.6 is 11.6 Å². The van der Waals surface area contributed by atoms with E-state index in [1.165, 1.54) is 18.7 Å². The average molecular weight is 243 g/mol. The number of piperidine rings is 1. The second-order valence-corrected chi connectivity index (χ2v) is 5.58. The van der Waals surface area contributed by atoms with E-state index in [2.05, 4.69) is 18.8 Å². The molecule has 88 valence electrons. The molecule has 1 fully saturated rings. The Kier molecular flexibility index (Phi) is 3.06. The molecule has 0 aliphatic carbocycles. The number of hydrogen-bond donors (Lipinski definition) is 0. The molecule has 2 heterocycles. The largest absolute Gasteiger partial charge is 0.354 e. The van der Waals surface area contributed by atoms with Crippen LogP contribution in [0.1, 0.15) is 26.7 Å². The molecule has 1 aliphatic rings. The zero-order valence-electron chi connectivity index (χ0n) is 9.63. The maximum absolute atomic E-state index is 13.7. The first-order chi connectivity index (χ1) is 7.48. The summed E-state index contributed by atoms with van der Waals surface area (Å²) in [7, 11) is 0. The summed E-state index contributed by atoms with van der Waals surface area (Å²) in [4.78, 5) is 6.10. The van der Waals surface area contributed by atoms with E-state index < -0.39 is 0 Å². The van der Waals surface area contributed by atoms with Crippen LogP contribution in [-0.2, 0) is 0 Å². The van der Waals surface area contributed by atoms with Crippen LogP contribution in [0.4, 0.5) is 10.2 Å². The highest BCUT2D eigenvalue weighted by Gasteiger charge is 2.28. The fraction of sp³-hybridized carbons (Fsp3) is 0.583. The van der Waals surface area contributed by atoms with Crippen LogP contribution < -0.4 is 4.90 Å². The minimum Gasteiger partial charge on any atom is -0.354 e. The van der Waals surface area contributed by atoms with Crippen LogP contribution in [0.15, 0.2) is 12.3 Å². The number of halogens is 2. The molecule has 4 heteroatoms. The van der Waals surface area contributed by atoms with E-state index in [0.29, 0.717) is 10.8 Å². The maximum Gasteiger partial charge on any atom is 0.167 e. The van der Waals surface area contributed by atoms with Crippen LogP contribution in [0.3, 0.4) is 0 Å². The highest BCUT2D eigenvalue weighted by Crippen LogP contribution is 2.32. The summed E-state index contributed by atoms with van der Waals surface area (Å²) in [6.07, 6.45) is 3.76. The molecule has 0 unspecified atom stereocenters. The van der Waals surface area contributed by atoms with Crippen molar-refractivity contribution in [3.63, 3.8) is 0 Å². The number of pyridine rings is 1. The lowest BCUT2D eigenvalue weighted by atomic mass is 9.84. The van der Waals surface area contributed by atoms with Gasteiger partial charge in [-0.25, -0.2) is 9.37 Å². The molecule has 0 N–H and O–H groups in total. The van der Waals surface area contributed by atoms with Crippen molar-refractivity contribution in [3.05, 3.63) is 23.1 Å². The number of anilines is 1. The van der Waals surface area contributed by atoms with Crippen molar-refractivity contribution >= 4 is 17.4 Å². The van der Waals surface area contributed by atoms with Gasteiger partial charge in [0.15, 0.2) is 11.6 Å². The molecule has 1 aromatic rings. The standard InChI is InChI=1S/C12H16ClFN2/c1-12(2)4-3-5-16(8-12)11-10(14)6-9(13)7-15-11/h6-7H,3-5,8H2,1-2H3. The van der Waals surface area contributed by atoms with Gasteiger partial charge < -0.3 is 4.90 Å². The Balaban J connectivity index is 2.23. The Morgan fingerprint density at radius 3 is 2.88 bits per heavy atom. The van der Waals surface area contributed by atoms with Crippen LogP contribution in [0.5, 0.6) is 0 Å². The van der Waals surface area contributed by atoms with Crippen molar-refractivity contribution in [3.8, 4) is 0 Å². The number of rotatable bonds is 1. The van der Waals surface area contributed by atoms with Crippen molar-refractivity contribution in [2.24, 2.45) is 5.41 Å². The average Bonchev–Trinajstić information content (AvgIpc) is 2.15. The minimum absolute atomic E-state index is 0.228. The predicted molar refractivity (Wildman–Crippen MR) is 64.4 cm³/mol. The second-order valence-electron chi connectivity index (χ2n) is 5.15. The van der Waals surface area contributed by atoms with Gasteiger partial charge in [0.2, 0.25) is 0 Å². The molecular weight excluding hydrogens is 227 g/mol. The van der Waals surface area contributed by atoms with E-state index in [1.54, 1.807) is 0 Å². The summed E-state index contributed by atoms with van der Waals surface area (Å²) in [6, 6.07) is 1.32. The van der Waals surface area contributed by atoms with Gasteiger partial charge in [0.1, 0.15) is 0 Å². The fourth-order valence-corrected chi connectivity index (χ4v) is 2.39. The molecule has 2 rings (SSSR count). The Bertz CT molecular complexity index is 393. The molecule has 0 aromatic carbocycles. The zero-order chi connectivity index (χ0) is 11.8. The molecule has 2 nitrogen and oxygen atoms in total. The summed E-state index contributed by atoms with van der Waals surface area (Å²) in [5, 5.41) is 0.345. The summed E-state index contributed by atoms with van der Waals surface area (Å²) >= 11 is 5.69. The monoisotopic (exact) mass is 242 g/mol. The van der Waals surface area contributed by atoms with Gasteiger partial charge in [-0.1, -0.05) is 25.4 Å². The first-order valence-electron chi connectivity index (χ1n) is 5.54. The SMILES string of the molecule is CC1(C)CCCN(c2ncc(Cl)cc2F)C1. The Morgan fingerprint density at radius 1 is 1.50 bits per heavy atom. The van der Waals surface area contributed by atoms with Crippen LogP contribution in [0.25, 0.3) is 0 Å². The lowest BCUT2D eigenvalue weighted by Crippen LogP contribution is -2.40. The third-order valence-corrected chi connectivity index (χ3v) is 3.20. The van der Waals surface area contributed by atoms with E-state index in [4.69, 9.17) is 11.6 Å². The van der Waals surface area contributed by atoms with E-state index in [9.17, 15) is 4.39 Å². The number of aromatic nitrogens is 1. The zero-order valence-corrected chi connectivity index (χ0v) is 10.4. The molecular formula is C12H16ClFN2. The predicted octanol–water partition coefficient (Wildman–Crippen LogP) is 3.50. The lowest BCUT2D eigenvalue weighted by Gasteiger charge is -2.38. The highest BCUT2D eigenvalue weighted by atomic mass is 35.5. The Hall–Kier alpha value is -0.830. The van der Waals surface area contributed by atoms with Crippen LogP contribution in [0.2, 0.25) is 5.02 Å². The molecule has 16 heavy (non-hydrogen) atoms. The van der Waals surface area contributed by atoms with Crippen molar-refractivity contribution in [2.45, 2.75) is 26.7 Å². The van der Waals surface area contributed by atoms with Gasteiger partial charge in [0, 0.05) is 19.3 Å². The molecule has 0 amide bonds. The smallest absolute Gasteiger partial charge is 0.167 e. The Morgan fingerprint density at radius 2 is 2.25 bits per heavy atom. The quantitative estimate of drug-likeness (QED) is 0.749. The molecule has 1 aromatic heterocycles. The van der Waals surface area contributed by atoms with Gasteiger partial charge in [-0.05, 0) is 24.3 Å². The summed E-state index contributed by atoms with van der Waals surface area (Å²) in [5.74, 6) is 0.0994. The van der Waals surface area contributed by atoms with Crippen LogP contribution in [-0.4, -0.2) is 18.1 Å². The fourth-order valence-electron chi connectivity index (χ4n) is 2.24. The van der Waals surface area contributed by atoms with E-state index >= 15 is 0 Å². The van der Waals surface area contributed by atoms with Gasteiger partial charge >= 0.3 is 0 Å². The molecule has 0 saturated carbocycles. The summed E-state index contributed by atoms with van der Waals surface area (Å²) in [6.45, 7) is 6.12. The first kappa shape index (κ1) is 11.6. The van der Waals surface area contributed by atoms with Crippen molar-refractivity contribution < 1.29 is 4.39 Å². The minimum atomic E-state index is -0.329. The molecule has 1 aliphatic heterocycles. The lowest BCUT2D eigenvalue weighted by molar-refractivity contribution is 0.290. The van der Waals surface area contributed by atoms with Gasteiger partial charge in [-0.3, -0.25) is 0 Å². The van der Waals surface area contributed by atoms with Gasteiger partial charge in [0.05, 0.1) is 5.02 Å². The first-order valence-corrected chi connectivity index (χ1v) is 5.92. The van der Waals surface area contributed by atoms with E-state index in [-0.39, 0.29) is 11.2 Å². The van der Waals surface area contributed by atoms with Crippen LogP contribution in [0, 0.1) is 11.2 Å². The third kappa shape index (κ3) is 2.46. The molecule has 0 spiro atoms. The summed E-state index contributed by atoms with van der Waals surface area (Å²) < 4.78 is 13.7. The second kappa shape index (κ2) is 4.21. The van der Waals surface area contributed by atoms with Crippen molar-refractivity contribution in [2.75, 3.05) is 18.0 Å². The highest BCUT2D eigenvalue weighted by molar-refractivity contribution is 6.30. The van der Waals surface area contributed by atoms with Gasteiger partial charge in [-0.2, -0.15) is 0 Å². The molecule has 1 saturated heterocycles. The molecule has 0 bridgehead atoms. The normalized spacial score (nSPS) is 19.9. The molecule has 0 radical (unpaired) electrons. The van der Waals surface area contributed by atoms with Gasteiger partial charge in [-0.15, -0.1) is 0 Å². The van der Waals surface area contributed by atoms with Gasteiger partial charge in [0.25, 0.3) is 0 Å². The summed E-state index contributed by atoms with van der Waals surface area (Å²) in [5.41, 5.74) is 0.228. The maximum atomic E-state index is 13.7. The van der Waals surface area contributed by atoms with Crippen molar-refractivity contribution in [1.82, 2.24) is 4.98 Å². The number of hydrogen-bond acceptors (Lipinski definition) is 2. The topological polar surface area (TPSA) is 16.1 Å². The van der Waals surface area contributed by atoms with E-state index in [0.717, 1.165) is 19.5 Å². The van der Waals surface area contributed by atoms with Crippen molar-refractivity contribution in [1.29, 1.82) is 0 Å². The third-order valence-electron chi connectivity index (χ3n) is 2.99.